The van der Waals surface area contributed by atoms with E-state index in [1.165, 1.54) is 38.9 Å². The van der Waals surface area contributed by atoms with E-state index < -0.39 is 30.8 Å². The average Bonchev–Trinajstić information content (AvgIpc) is 2.75. The van der Waals surface area contributed by atoms with E-state index in [0.29, 0.717) is 16.9 Å². The van der Waals surface area contributed by atoms with Crippen molar-refractivity contribution >= 4 is 24.3 Å². The molecule has 3 aromatic carbocycles. The SMILES string of the molecule is COP(C)(=O)c1cccc(NC(=O)c2ccc(C(F)(F)F)cc2Oc2ccc(F)cc2C)c1. The van der Waals surface area contributed by atoms with E-state index in [-0.39, 0.29) is 22.7 Å². The molecule has 0 saturated carbocycles. The van der Waals surface area contributed by atoms with Crippen LogP contribution in [0.4, 0.5) is 23.2 Å². The summed E-state index contributed by atoms with van der Waals surface area (Å²) in [6.45, 7) is 2.94. The third-order valence-corrected chi connectivity index (χ3v) is 6.74. The van der Waals surface area contributed by atoms with E-state index in [1.807, 2.05) is 0 Å². The van der Waals surface area contributed by atoms with Crippen molar-refractivity contribution in [1.29, 1.82) is 0 Å². The number of hydrogen-bond donors (Lipinski definition) is 1. The number of alkyl halides is 3. The van der Waals surface area contributed by atoms with Crippen LogP contribution in [0.1, 0.15) is 21.5 Å². The molecule has 33 heavy (non-hydrogen) atoms. The van der Waals surface area contributed by atoms with Gasteiger partial charge in [0.2, 0.25) is 7.37 Å². The van der Waals surface area contributed by atoms with Gasteiger partial charge in [-0.3, -0.25) is 9.36 Å². The molecule has 0 aliphatic rings. The first-order chi connectivity index (χ1) is 15.4. The molecule has 1 N–H and O–H groups in total. The summed E-state index contributed by atoms with van der Waals surface area (Å²) in [5.74, 6) is -1.55. The molecule has 1 unspecified atom stereocenters. The second-order valence-corrected chi connectivity index (χ2v) is 9.83. The lowest BCUT2D eigenvalue weighted by atomic mass is 10.1. The minimum Gasteiger partial charge on any atom is -0.456 e. The Kier molecular flexibility index (Phi) is 6.95. The minimum atomic E-state index is -4.66. The fourth-order valence-corrected chi connectivity index (χ4v) is 3.90. The molecule has 174 valence electrons. The summed E-state index contributed by atoms with van der Waals surface area (Å²) in [6.07, 6.45) is -4.66. The molecule has 0 aliphatic carbocycles. The summed E-state index contributed by atoms with van der Waals surface area (Å²) < 4.78 is 76.2. The van der Waals surface area contributed by atoms with Gasteiger partial charge in [0.05, 0.1) is 11.1 Å². The van der Waals surface area contributed by atoms with Crippen molar-refractivity contribution < 1.29 is 36.2 Å². The summed E-state index contributed by atoms with van der Waals surface area (Å²) in [7, 11) is -1.79. The van der Waals surface area contributed by atoms with Gasteiger partial charge in [0, 0.05) is 24.8 Å². The summed E-state index contributed by atoms with van der Waals surface area (Å²) in [5.41, 5.74) is -0.587. The molecule has 0 bridgehead atoms. The van der Waals surface area contributed by atoms with Crippen molar-refractivity contribution in [2.45, 2.75) is 13.1 Å². The van der Waals surface area contributed by atoms with E-state index >= 15 is 0 Å². The number of anilines is 1. The maximum atomic E-state index is 13.4. The summed E-state index contributed by atoms with van der Waals surface area (Å²) in [4.78, 5) is 12.9. The van der Waals surface area contributed by atoms with Crippen LogP contribution in [-0.4, -0.2) is 19.7 Å². The van der Waals surface area contributed by atoms with Gasteiger partial charge in [0.15, 0.2) is 0 Å². The minimum absolute atomic E-state index is 0.0961. The van der Waals surface area contributed by atoms with Crippen LogP contribution in [0.15, 0.2) is 60.7 Å². The number of rotatable bonds is 6. The van der Waals surface area contributed by atoms with Gasteiger partial charge < -0.3 is 14.6 Å². The fraction of sp³-hybridized carbons (Fsp3) is 0.174. The van der Waals surface area contributed by atoms with E-state index in [9.17, 15) is 26.9 Å². The lowest BCUT2D eigenvalue weighted by Gasteiger charge is -2.16. The van der Waals surface area contributed by atoms with E-state index in [1.54, 1.807) is 12.1 Å². The molecule has 5 nitrogen and oxygen atoms in total. The largest absolute Gasteiger partial charge is 0.456 e. The Morgan fingerprint density at radius 3 is 2.36 bits per heavy atom. The quantitative estimate of drug-likeness (QED) is 0.328. The number of aryl methyl sites for hydroxylation is 1. The van der Waals surface area contributed by atoms with E-state index in [0.717, 1.165) is 24.3 Å². The number of carbonyl (C=O) groups is 1. The van der Waals surface area contributed by atoms with Crippen LogP contribution in [0, 0.1) is 12.7 Å². The summed E-state index contributed by atoms with van der Waals surface area (Å²) >= 11 is 0. The van der Waals surface area contributed by atoms with E-state index in [4.69, 9.17) is 9.26 Å². The Morgan fingerprint density at radius 2 is 1.73 bits per heavy atom. The highest BCUT2D eigenvalue weighted by Crippen LogP contribution is 2.40. The van der Waals surface area contributed by atoms with Crippen molar-refractivity contribution in [1.82, 2.24) is 0 Å². The van der Waals surface area contributed by atoms with Crippen LogP contribution in [0.25, 0.3) is 0 Å². The van der Waals surface area contributed by atoms with Crippen molar-refractivity contribution in [2.75, 3.05) is 19.1 Å². The van der Waals surface area contributed by atoms with Gasteiger partial charge in [-0.1, -0.05) is 6.07 Å². The maximum Gasteiger partial charge on any atom is 0.416 e. The fourth-order valence-electron chi connectivity index (χ4n) is 2.96. The zero-order valence-corrected chi connectivity index (χ0v) is 18.8. The molecular weight excluding hydrogens is 461 g/mol. The zero-order chi connectivity index (χ0) is 24.4. The number of halogens is 4. The summed E-state index contributed by atoms with van der Waals surface area (Å²) in [5, 5.41) is 2.92. The highest BCUT2D eigenvalue weighted by atomic mass is 31.2. The number of nitrogens with one attached hydrogen (secondary N) is 1. The molecule has 1 atom stereocenters. The van der Waals surface area contributed by atoms with Crippen molar-refractivity contribution in [3.05, 3.63) is 83.2 Å². The van der Waals surface area contributed by atoms with Gasteiger partial charge in [0.25, 0.3) is 5.91 Å². The average molecular weight is 481 g/mol. The Labute approximate surface area is 187 Å². The molecule has 0 spiro atoms. The molecule has 3 aromatic rings. The van der Waals surface area contributed by atoms with Crippen LogP contribution >= 0.6 is 7.37 Å². The molecule has 0 aromatic heterocycles. The second kappa shape index (κ2) is 9.37. The zero-order valence-electron chi connectivity index (χ0n) is 17.9. The van der Waals surface area contributed by atoms with Gasteiger partial charge >= 0.3 is 6.18 Å². The third-order valence-electron chi connectivity index (χ3n) is 4.83. The van der Waals surface area contributed by atoms with E-state index in [2.05, 4.69) is 5.32 Å². The van der Waals surface area contributed by atoms with Crippen LogP contribution in [0.5, 0.6) is 11.5 Å². The van der Waals surface area contributed by atoms with Crippen LogP contribution in [-0.2, 0) is 15.3 Å². The van der Waals surface area contributed by atoms with Gasteiger partial charge in [-0.25, -0.2) is 4.39 Å². The van der Waals surface area contributed by atoms with Crippen molar-refractivity contribution in [3.63, 3.8) is 0 Å². The summed E-state index contributed by atoms with van der Waals surface area (Å²) in [6, 6.07) is 12.1. The van der Waals surface area contributed by atoms with Gasteiger partial charge in [0.1, 0.15) is 17.3 Å². The standard InChI is InChI=1S/C23H20F4NO4P/c1-14-11-16(24)8-10-20(14)32-21-12-15(23(25,26)27)7-9-19(21)22(29)28-17-5-4-6-18(13-17)33(3,30)31-2/h4-13H,1-3H3,(H,28,29). The molecule has 1 amide bonds. The predicted molar refractivity (Wildman–Crippen MR) is 117 cm³/mol. The molecule has 3 rings (SSSR count). The molecule has 10 heteroatoms. The molecule has 0 saturated heterocycles. The van der Waals surface area contributed by atoms with Crippen LogP contribution < -0.4 is 15.4 Å². The first-order valence-corrected chi connectivity index (χ1v) is 11.7. The second-order valence-electron chi connectivity index (χ2n) is 7.25. The Bertz CT molecular complexity index is 1240. The first kappa shape index (κ1) is 24.5. The number of hydrogen-bond acceptors (Lipinski definition) is 4. The highest BCUT2D eigenvalue weighted by Gasteiger charge is 2.32. The van der Waals surface area contributed by atoms with Crippen LogP contribution in [0.2, 0.25) is 0 Å². The molecular formula is C23H20F4NO4P. The Morgan fingerprint density at radius 1 is 1.00 bits per heavy atom. The van der Waals surface area contributed by atoms with Gasteiger partial charge in [-0.15, -0.1) is 0 Å². The molecule has 0 fully saturated rings. The van der Waals surface area contributed by atoms with Crippen LogP contribution in [0.3, 0.4) is 0 Å². The monoisotopic (exact) mass is 481 g/mol. The number of amides is 1. The molecule has 0 aliphatic heterocycles. The highest BCUT2D eigenvalue weighted by molar-refractivity contribution is 7.66. The van der Waals surface area contributed by atoms with Gasteiger partial charge in [-0.05, 0) is 67.1 Å². The van der Waals surface area contributed by atoms with Crippen molar-refractivity contribution in [3.8, 4) is 11.5 Å². The normalized spacial score (nSPS) is 13.3. The predicted octanol–water partition coefficient (Wildman–Crippen LogP) is 6.38. The third kappa shape index (κ3) is 5.80. The number of benzene rings is 3. The first-order valence-electron chi connectivity index (χ1n) is 9.61. The smallest absolute Gasteiger partial charge is 0.416 e. The Balaban J connectivity index is 1.98. The lowest BCUT2D eigenvalue weighted by molar-refractivity contribution is -0.137. The molecule has 0 heterocycles. The number of ether oxygens (including phenoxy) is 1. The van der Waals surface area contributed by atoms with Gasteiger partial charge in [-0.2, -0.15) is 13.2 Å². The number of carbonyl (C=O) groups excluding carboxylic acids is 1. The maximum absolute atomic E-state index is 13.4. The molecule has 0 radical (unpaired) electrons. The van der Waals surface area contributed by atoms with Crippen molar-refractivity contribution in [2.24, 2.45) is 0 Å². The topological polar surface area (TPSA) is 64.6 Å². The lowest BCUT2D eigenvalue weighted by Crippen LogP contribution is -2.16. The Hall–Kier alpha value is -3.16.